The Morgan fingerprint density at radius 1 is 0.677 bits per heavy atom. The maximum atomic E-state index is 12.2. The molecule has 2 atom stereocenters. The average Bonchev–Trinajstić information content (AvgIpc) is 2.75. The van der Waals surface area contributed by atoms with E-state index in [1.807, 2.05) is 93.7 Å². The predicted molar refractivity (Wildman–Crippen MR) is 140 cm³/mol. The van der Waals surface area contributed by atoms with Crippen LogP contribution in [0.4, 0.5) is 0 Å². The lowest BCUT2D eigenvalue weighted by Gasteiger charge is -2.13. The Morgan fingerprint density at radius 3 is 1.42 bits per heavy atom. The van der Waals surface area contributed by atoms with Gasteiger partial charge in [-0.1, -0.05) is 81.6 Å². The number of rotatable bonds is 7. The van der Waals surface area contributed by atoms with E-state index in [9.17, 15) is 9.59 Å². The molecule has 0 amide bonds. The van der Waals surface area contributed by atoms with Crippen LogP contribution < -0.4 is 9.47 Å². The zero-order valence-corrected chi connectivity index (χ0v) is 22.1. The molecule has 0 aliphatic carbocycles. The minimum Gasteiger partial charge on any atom is -0.425 e. The Hall–Kier alpha value is -1.59. The lowest BCUT2D eigenvalue weighted by molar-refractivity contribution is -0.133. The van der Waals surface area contributed by atoms with Crippen LogP contribution in [0.5, 0.6) is 11.5 Å². The highest BCUT2D eigenvalue weighted by atomic mass is 127. The monoisotopic (exact) mass is 659 g/mol. The van der Waals surface area contributed by atoms with Gasteiger partial charge in [0.15, 0.2) is 14.7 Å². The number of benzene rings is 3. The normalized spacial score (nSPS) is 12.8. The van der Waals surface area contributed by atoms with Crippen molar-refractivity contribution in [3.63, 3.8) is 0 Å². The smallest absolute Gasteiger partial charge is 0.323 e. The molecule has 2 unspecified atom stereocenters. The molecule has 4 nitrogen and oxygen atoms in total. The fraction of sp³-hybridized carbons (Fsp3) is 0.167. The summed E-state index contributed by atoms with van der Waals surface area (Å²) < 4.78 is 10.6. The molecule has 160 valence electrons. The third kappa shape index (κ3) is 6.69. The van der Waals surface area contributed by atoms with E-state index in [-0.39, 0.29) is 19.8 Å². The second-order valence-electron chi connectivity index (χ2n) is 6.65. The quantitative estimate of drug-likeness (QED) is 0.0992. The van der Waals surface area contributed by atoms with Crippen LogP contribution in [0.15, 0.2) is 93.5 Å². The molecule has 0 spiro atoms. The molecule has 0 bridgehead atoms. The first-order chi connectivity index (χ1) is 14.8. The van der Waals surface area contributed by atoms with E-state index in [0.29, 0.717) is 11.5 Å². The van der Waals surface area contributed by atoms with Gasteiger partial charge in [0.25, 0.3) is 0 Å². The SMILES string of the molecule is CC(I)C(=O)Oc1cc(OC(=O)C(C)I)cc([S+](c2ccccc2)c2ccccc2)c1. The molecular weight excluding hydrogens is 638 g/mol. The molecule has 0 aliphatic heterocycles. The number of halogens is 2. The standard InChI is InChI=1S/C24H21I2O4S/c1-16(25)23(27)29-18-13-19(30-24(28)17(2)26)15-22(14-18)31(20-9-5-3-6-10-20)21-11-7-4-8-12-21/h3-17H,1-2H3/q+1. The van der Waals surface area contributed by atoms with Crippen molar-refractivity contribution in [2.75, 3.05) is 0 Å². The van der Waals surface area contributed by atoms with Crippen molar-refractivity contribution < 1.29 is 19.1 Å². The van der Waals surface area contributed by atoms with E-state index >= 15 is 0 Å². The van der Waals surface area contributed by atoms with Crippen LogP contribution >= 0.6 is 45.2 Å². The van der Waals surface area contributed by atoms with Gasteiger partial charge in [0.2, 0.25) is 0 Å². The molecule has 0 aliphatic rings. The summed E-state index contributed by atoms with van der Waals surface area (Å²) in [4.78, 5) is 27.6. The summed E-state index contributed by atoms with van der Waals surface area (Å²) in [6.45, 7) is 3.54. The summed E-state index contributed by atoms with van der Waals surface area (Å²) in [5, 5.41) is 0. The molecule has 0 fully saturated rings. The van der Waals surface area contributed by atoms with Gasteiger partial charge in [0.1, 0.15) is 19.3 Å². The van der Waals surface area contributed by atoms with Crippen molar-refractivity contribution in [3.05, 3.63) is 78.9 Å². The molecule has 3 aromatic rings. The minimum atomic E-state index is -0.473. The zero-order chi connectivity index (χ0) is 22.4. The Balaban J connectivity index is 2.12. The van der Waals surface area contributed by atoms with E-state index in [0.717, 1.165) is 14.7 Å². The van der Waals surface area contributed by atoms with Gasteiger partial charge in [0.05, 0.1) is 10.9 Å². The van der Waals surface area contributed by atoms with Crippen molar-refractivity contribution >= 4 is 68.0 Å². The second kappa shape index (κ2) is 11.3. The molecule has 3 aromatic carbocycles. The van der Waals surface area contributed by atoms with Crippen molar-refractivity contribution in [1.29, 1.82) is 0 Å². The van der Waals surface area contributed by atoms with E-state index in [4.69, 9.17) is 9.47 Å². The number of esters is 2. The van der Waals surface area contributed by atoms with E-state index in [2.05, 4.69) is 24.3 Å². The van der Waals surface area contributed by atoms with Crippen LogP contribution in [0, 0.1) is 0 Å². The Kier molecular flexibility index (Phi) is 8.79. The first kappa shape index (κ1) is 24.1. The number of ether oxygens (including phenoxy) is 2. The summed E-state index contributed by atoms with van der Waals surface area (Å²) in [5.74, 6) is 0.0202. The second-order valence-corrected chi connectivity index (χ2v) is 12.4. The first-order valence-corrected chi connectivity index (χ1v) is 13.3. The lowest BCUT2D eigenvalue weighted by Crippen LogP contribution is -2.19. The van der Waals surface area contributed by atoms with E-state index in [1.165, 1.54) is 0 Å². The van der Waals surface area contributed by atoms with Crippen LogP contribution in [0.2, 0.25) is 0 Å². The fourth-order valence-corrected chi connectivity index (χ4v) is 5.09. The van der Waals surface area contributed by atoms with Crippen molar-refractivity contribution in [1.82, 2.24) is 0 Å². The van der Waals surface area contributed by atoms with Crippen LogP contribution in [0.25, 0.3) is 0 Å². The molecule has 0 saturated heterocycles. The third-order valence-electron chi connectivity index (χ3n) is 4.13. The molecular formula is C24H21I2O4S+. The van der Waals surface area contributed by atoms with Crippen molar-refractivity contribution in [2.24, 2.45) is 0 Å². The topological polar surface area (TPSA) is 52.6 Å². The molecule has 0 heterocycles. The lowest BCUT2D eigenvalue weighted by atomic mass is 10.3. The molecule has 7 heteroatoms. The van der Waals surface area contributed by atoms with Gasteiger partial charge in [0, 0.05) is 18.2 Å². The third-order valence-corrected chi connectivity index (χ3v) is 7.34. The van der Waals surface area contributed by atoms with Crippen LogP contribution in [0.3, 0.4) is 0 Å². The minimum absolute atomic E-state index is 0.303. The van der Waals surface area contributed by atoms with Crippen LogP contribution in [-0.2, 0) is 20.5 Å². The molecule has 0 N–H and O–H groups in total. The highest BCUT2D eigenvalue weighted by Crippen LogP contribution is 2.36. The highest BCUT2D eigenvalue weighted by molar-refractivity contribution is 14.1. The van der Waals surface area contributed by atoms with Gasteiger partial charge in [-0.15, -0.1) is 0 Å². The van der Waals surface area contributed by atoms with E-state index < -0.39 is 10.9 Å². The molecule has 3 rings (SSSR count). The van der Waals surface area contributed by atoms with Gasteiger partial charge in [-0.3, -0.25) is 9.59 Å². The number of hydrogen-bond donors (Lipinski definition) is 0. The van der Waals surface area contributed by atoms with Gasteiger partial charge in [-0.2, -0.15) is 0 Å². The van der Waals surface area contributed by atoms with Crippen molar-refractivity contribution in [3.8, 4) is 11.5 Å². The van der Waals surface area contributed by atoms with Crippen LogP contribution in [0.1, 0.15) is 13.8 Å². The number of hydrogen-bond acceptors (Lipinski definition) is 4. The fourth-order valence-electron chi connectivity index (χ4n) is 2.70. The zero-order valence-electron chi connectivity index (χ0n) is 17.0. The summed E-state index contributed by atoms with van der Waals surface area (Å²) in [6.07, 6.45) is 0. The summed E-state index contributed by atoms with van der Waals surface area (Å²) in [5.41, 5.74) is 0. The average molecular weight is 659 g/mol. The Labute approximate surface area is 212 Å². The molecule has 0 aromatic heterocycles. The Bertz CT molecular complexity index is 960. The summed E-state index contributed by atoms with van der Waals surface area (Å²) in [7, 11) is -0.473. The maximum absolute atomic E-state index is 12.2. The largest absolute Gasteiger partial charge is 0.425 e. The van der Waals surface area contributed by atoms with E-state index in [1.54, 1.807) is 19.9 Å². The van der Waals surface area contributed by atoms with Gasteiger partial charge >= 0.3 is 11.9 Å². The van der Waals surface area contributed by atoms with Gasteiger partial charge < -0.3 is 9.47 Å². The van der Waals surface area contributed by atoms with Gasteiger partial charge in [-0.05, 0) is 38.1 Å². The predicted octanol–water partition coefficient (Wildman–Crippen LogP) is 6.24. The number of alkyl halides is 2. The number of carbonyl (C=O) groups is 2. The highest BCUT2D eigenvalue weighted by Gasteiger charge is 2.30. The molecule has 0 saturated carbocycles. The van der Waals surface area contributed by atoms with Gasteiger partial charge in [-0.25, -0.2) is 0 Å². The first-order valence-electron chi connectivity index (χ1n) is 9.56. The van der Waals surface area contributed by atoms with Crippen molar-refractivity contribution in [2.45, 2.75) is 36.4 Å². The molecule has 0 radical (unpaired) electrons. The summed E-state index contributed by atoms with van der Waals surface area (Å²) in [6, 6.07) is 25.5. The van der Waals surface area contributed by atoms with Crippen LogP contribution in [-0.4, -0.2) is 19.8 Å². The summed E-state index contributed by atoms with van der Waals surface area (Å²) >= 11 is 4.03. The number of carbonyl (C=O) groups excluding carboxylic acids is 2. The Morgan fingerprint density at radius 2 is 1.06 bits per heavy atom. The maximum Gasteiger partial charge on any atom is 0.323 e. The molecule has 31 heavy (non-hydrogen) atoms.